The topological polar surface area (TPSA) is 52.9 Å². The van der Waals surface area contributed by atoms with Gasteiger partial charge in [-0.3, -0.25) is 4.57 Å². The average molecular weight is 425 g/mol. The Kier molecular flexibility index (Phi) is 5.44. The van der Waals surface area contributed by atoms with Gasteiger partial charge in [0, 0.05) is 15.1 Å². The van der Waals surface area contributed by atoms with E-state index in [1.165, 1.54) is 0 Å². The lowest BCUT2D eigenvalue weighted by molar-refractivity contribution is 0.532. The van der Waals surface area contributed by atoms with Crippen molar-refractivity contribution in [1.29, 1.82) is 5.26 Å². The molecule has 26 heavy (non-hydrogen) atoms. The lowest BCUT2D eigenvalue weighted by Gasteiger charge is -2.30. The van der Waals surface area contributed by atoms with E-state index in [1.807, 2.05) is 84.9 Å². The van der Waals surface area contributed by atoms with Gasteiger partial charge in [0.2, 0.25) is 7.29 Å². The molecule has 0 saturated heterocycles. The summed E-state index contributed by atoms with van der Waals surface area (Å²) >= 11 is 3.41. The van der Waals surface area contributed by atoms with Gasteiger partial charge in [-0.15, -0.1) is 0 Å². The van der Waals surface area contributed by atoms with Crippen LogP contribution in [-0.4, -0.2) is 0 Å². The van der Waals surface area contributed by atoms with Gasteiger partial charge in [0.15, 0.2) is 0 Å². The molecule has 0 aliphatic heterocycles. The highest BCUT2D eigenvalue weighted by atomic mass is 79.9. The summed E-state index contributed by atoms with van der Waals surface area (Å²) in [6.45, 7) is 1.76. The molecule has 0 heterocycles. The monoisotopic (exact) mass is 424 g/mol. The predicted octanol–water partition coefficient (Wildman–Crippen LogP) is 4.71. The molecule has 3 aromatic carbocycles. The Morgan fingerprint density at radius 1 is 0.885 bits per heavy atom. The highest BCUT2D eigenvalue weighted by molar-refractivity contribution is 9.10. The van der Waals surface area contributed by atoms with Crippen LogP contribution >= 0.6 is 23.2 Å². The molecular weight excluding hydrogens is 407 g/mol. The predicted molar refractivity (Wildman–Crippen MR) is 110 cm³/mol. The summed E-state index contributed by atoms with van der Waals surface area (Å²) in [5.41, 5.74) is -0.350. The van der Waals surface area contributed by atoms with E-state index in [0.717, 1.165) is 10.0 Å². The normalized spacial score (nSPS) is 13.6. The maximum Gasteiger partial charge on any atom is 0.206 e. The van der Waals surface area contributed by atoms with Crippen LogP contribution in [0.4, 0.5) is 0 Å². The van der Waals surface area contributed by atoms with Crippen molar-refractivity contribution in [3.63, 3.8) is 0 Å². The van der Waals surface area contributed by atoms with Gasteiger partial charge in [-0.1, -0.05) is 64.5 Å². The lowest BCUT2D eigenvalue weighted by atomic mass is 9.95. The van der Waals surface area contributed by atoms with Crippen LogP contribution in [0, 0.1) is 11.3 Å². The van der Waals surface area contributed by atoms with Crippen LogP contribution in [0.25, 0.3) is 0 Å². The summed E-state index contributed by atoms with van der Waals surface area (Å²) in [5, 5.41) is 14.5. The minimum atomic E-state index is -3.22. The molecule has 3 aromatic rings. The molecule has 3 nitrogen and oxygen atoms in total. The van der Waals surface area contributed by atoms with Gasteiger partial charge in [0.05, 0.1) is 6.07 Å². The van der Waals surface area contributed by atoms with Gasteiger partial charge in [0.1, 0.15) is 5.54 Å². The van der Waals surface area contributed by atoms with Gasteiger partial charge in [-0.2, -0.15) is 5.26 Å². The average Bonchev–Trinajstić information content (AvgIpc) is 2.69. The van der Waals surface area contributed by atoms with Crippen LogP contribution in [0.2, 0.25) is 0 Å². The van der Waals surface area contributed by atoms with Crippen LogP contribution < -0.4 is 15.7 Å². The molecule has 1 unspecified atom stereocenters. The molecule has 0 spiro atoms. The SMILES string of the molecule is CC(C#N)(NP(=O)(c1ccccc1)c1ccccc1)c1ccc(Br)cc1. The molecule has 1 atom stereocenters. The molecule has 0 amide bonds. The molecule has 5 heteroatoms. The molecule has 3 rings (SSSR count). The Balaban J connectivity index is 2.13. The minimum absolute atomic E-state index is 0.671. The first-order chi connectivity index (χ1) is 12.5. The van der Waals surface area contributed by atoms with Crippen molar-refractivity contribution in [1.82, 2.24) is 5.09 Å². The van der Waals surface area contributed by atoms with Crippen LogP contribution in [0.3, 0.4) is 0 Å². The molecule has 1 N–H and O–H groups in total. The first kappa shape index (κ1) is 18.6. The summed E-state index contributed by atoms with van der Waals surface area (Å²) in [7, 11) is -3.22. The first-order valence-electron chi connectivity index (χ1n) is 8.16. The van der Waals surface area contributed by atoms with Gasteiger partial charge in [-0.25, -0.2) is 5.09 Å². The maximum absolute atomic E-state index is 14.2. The molecular formula is C21H18BrN2OP. The third-order valence-corrected chi connectivity index (χ3v) is 7.61. The largest absolute Gasteiger partial charge is 0.296 e. The van der Waals surface area contributed by atoms with Gasteiger partial charge in [0.25, 0.3) is 0 Å². The van der Waals surface area contributed by atoms with Gasteiger partial charge >= 0.3 is 0 Å². The number of nitriles is 1. The lowest BCUT2D eigenvalue weighted by Crippen LogP contribution is -2.41. The molecule has 0 fully saturated rings. The van der Waals surface area contributed by atoms with Crippen molar-refractivity contribution < 1.29 is 4.57 Å². The molecule has 0 saturated carbocycles. The first-order valence-corrected chi connectivity index (χ1v) is 10.7. The molecule has 0 bridgehead atoms. The minimum Gasteiger partial charge on any atom is -0.296 e. The number of rotatable bonds is 5. The third-order valence-electron chi connectivity index (χ3n) is 4.27. The summed E-state index contributed by atoms with van der Waals surface area (Å²) < 4.78 is 15.1. The summed E-state index contributed by atoms with van der Waals surface area (Å²) in [6, 6.07) is 28.3. The summed E-state index contributed by atoms with van der Waals surface area (Å²) in [4.78, 5) is 0. The molecule has 0 aromatic heterocycles. The van der Waals surface area contributed by atoms with E-state index in [4.69, 9.17) is 0 Å². The van der Waals surface area contributed by atoms with Crippen LogP contribution in [0.15, 0.2) is 89.4 Å². The second kappa shape index (κ2) is 7.60. The van der Waals surface area contributed by atoms with Crippen molar-refractivity contribution >= 4 is 33.8 Å². The van der Waals surface area contributed by atoms with Gasteiger partial charge in [-0.05, 0) is 48.9 Å². The molecule has 130 valence electrons. The van der Waals surface area contributed by atoms with E-state index in [9.17, 15) is 9.83 Å². The zero-order chi connectivity index (χ0) is 18.6. The zero-order valence-corrected chi connectivity index (χ0v) is 16.7. The fraction of sp³-hybridized carbons (Fsp3) is 0.0952. The van der Waals surface area contributed by atoms with Crippen molar-refractivity contribution in [2.45, 2.75) is 12.5 Å². The number of nitrogens with one attached hydrogen (secondary N) is 1. The van der Waals surface area contributed by atoms with Crippen LogP contribution in [0.5, 0.6) is 0 Å². The van der Waals surface area contributed by atoms with E-state index in [2.05, 4.69) is 27.1 Å². The smallest absolute Gasteiger partial charge is 0.206 e. The van der Waals surface area contributed by atoms with E-state index < -0.39 is 12.8 Å². The number of hydrogen-bond acceptors (Lipinski definition) is 2. The summed E-state index contributed by atoms with van der Waals surface area (Å²) in [6.07, 6.45) is 0. The van der Waals surface area contributed by atoms with Crippen LogP contribution in [-0.2, 0) is 10.1 Å². The molecule has 0 aliphatic rings. The zero-order valence-electron chi connectivity index (χ0n) is 14.3. The molecule has 0 radical (unpaired) electrons. The number of hydrogen-bond donors (Lipinski definition) is 1. The standard InChI is InChI=1S/C21H18BrN2OP/c1-21(16-23,17-12-14-18(22)15-13-17)24-26(25,19-8-4-2-5-9-19)20-10-6-3-7-11-20/h2-15H,1H3,(H,24,25). The quantitative estimate of drug-likeness (QED) is 0.603. The fourth-order valence-electron chi connectivity index (χ4n) is 2.81. The highest BCUT2D eigenvalue weighted by Crippen LogP contribution is 2.43. The fourth-order valence-corrected chi connectivity index (χ4v) is 5.62. The van der Waals surface area contributed by atoms with Gasteiger partial charge < -0.3 is 0 Å². The van der Waals surface area contributed by atoms with E-state index in [1.54, 1.807) is 6.92 Å². The van der Waals surface area contributed by atoms with E-state index in [-0.39, 0.29) is 0 Å². The van der Waals surface area contributed by atoms with Crippen molar-refractivity contribution in [3.8, 4) is 6.07 Å². The van der Waals surface area contributed by atoms with Crippen molar-refractivity contribution in [2.75, 3.05) is 0 Å². The Bertz CT molecular complexity index is 925. The second-order valence-electron chi connectivity index (χ2n) is 6.14. The van der Waals surface area contributed by atoms with E-state index >= 15 is 0 Å². The second-order valence-corrected chi connectivity index (χ2v) is 9.53. The van der Waals surface area contributed by atoms with Crippen molar-refractivity contribution in [2.24, 2.45) is 0 Å². The summed E-state index contributed by atoms with van der Waals surface area (Å²) in [5.74, 6) is 0. The number of halogens is 1. The molecule has 0 aliphatic carbocycles. The highest BCUT2D eigenvalue weighted by Gasteiger charge is 2.37. The van der Waals surface area contributed by atoms with E-state index in [0.29, 0.717) is 10.6 Å². The van der Waals surface area contributed by atoms with Crippen LogP contribution in [0.1, 0.15) is 12.5 Å². The number of nitrogens with zero attached hydrogens (tertiary/aromatic N) is 1. The Labute approximate surface area is 162 Å². The Morgan fingerprint density at radius 3 is 1.77 bits per heavy atom. The maximum atomic E-state index is 14.2. The third kappa shape index (κ3) is 3.66. The Morgan fingerprint density at radius 2 is 1.35 bits per heavy atom. The number of benzene rings is 3. The Hall–Kier alpha value is -2.18. The van der Waals surface area contributed by atoms with Crippen molar-refractivity contribution in [3.05, 3.63) is 95.0 Å².